The number of anilines is 4. The molecule has 25 nitrogen and oxygen atoms in total. The molecule has 31 heteroatoms. The maximum Gasteiger partial charge on any atom is 0.320 e. The van der Waals surface area contributed by atoms with Gasteiger partial charge >= 0.3 is 5.97 Å². The normalized spacial score (nSPS) is 17.1. The van der Waals surface area contributed by atoms with Crippen molar-refractivity contribution >= 4 is 133 Å². The number of sulfone groups is 1. The highest BCUT2D eigenvalue weighted by Crippen LogP contribution is 2.43. The summed E-state index contributed by atoms with van der Waals surface area (Å²) in [5.41, 5.74) is 8.85. The molecule has 0 spiro atoms. The number of Topliss-reactive ketones (excluding diaryl/α,β-unsaturated/α-hetero) is 3. The van der Waals surface area contributed by atoms with Gasteiger partial charge in [0.15, 0.2) is 51.8 Å². The molecule has 4 N–H and O–H groups in total. The predicted molar refractivity (Wildman–Crippen MR) is 354 cm³/mol. The Morgan fingerprint density at radius 3 is 2.08 bits per heavy atom. The molecule has 1 fully saturated rings. The van der Waals surface area contributed by atoms with E-state index in [0.29, 0.717) is 49.4 Å². The first kappa shape index (κ1) is 77.8. The number of benzene rings is 4. The van der Waals surface area contributed by atoms with Crippen molar-refractivity contribution in [2.24, 2.45) is 11.7 Å². The summed E-state index contributed by atoms with van der Waals surface area (Å²) in [4.78, 5) is 131. The zero-order valence-electron chi connectivity index (χ0n) is 53.0. The van der Waals surface area contributed by atoms with Gasteiger partial charge in [0, 0.05) is 62.3 Å². The number of nitro groups is 1. The zero-order chi connectivity index (χ0) is 71.0. The Bertz CT molecular complexity index is 3830. The lowest BCUT2D eigenvalue weighted by atomic mass is 9.81. The predicted octanol–water partition coefficient (Wildman–Crippen LogP) is 8.50. The van der Waals surface area contributed by atoms with Crippen molar-refractivity contribution in [3.05, 3.63) is 117 Å². The summed E-state index contributed by atoms with van der Waals surface area (Å²) in [5, 5.41) is 19.4. The van der Waals surface area contributed by atoms with Gasteiger partial charge in [-0.25, -0.2) is 17.7 Å². The van der Waals surface area contributed by atoms with Crippen LogP contribution in [0.1, 0.15) is 93.6 Å². The van der Waals surface area contributed by atoms with E-state index in [0.717, 1.165) is 77.2 Å². The third kappa shape index (κ3) is 19.8. The smallest absolute Gasteiger partial charge is 0.320 e. The molecule has 512 valence electrons. The number of carboxylic acid groups (broad SMARTS) is 1. The number of ether oxygens (including phenoxy) is 3. The van der Waals surface area contributed by atoms with E-state index in [1.165, 1.54) is 17.6 Å². The summed E-state index contributed by atoms with van der Waals surface area (Å²) in [6.45, 7) is 9.82. The Kier molecular flexibility index (Phi) is 28.4. The summed E-state index contributed by atoms with van der Waals surface area (Å²) >= 11 is 17.0. The van der Waals surface area contributed by atoms with E-state index in [-0.39, 0.29) is 96.3 Å². The lowest BCUT2D eigenvalue weighted by Crippen LogP contribution is -2.47. The number of terminal acetylenes is 1. The van der Waals surface area contributed by atoms with Crippen LogP contribution in [0, 0.1) is 41.1 Å². The molecular weight excluding hydrogens is 1350 g/mol. The number of rotatable bonds is 17. The molecule has 3 aliphatic heterocycles. The summed E-state index contributed by atoms with van der Waals surface area (Å²) in [6, 6.07) is 17.4. The molecular formula is C64H73Cl3FN6O19PS. The van der Waals surface area contributed by atoms with E-state index in [9.17, 15) is 70.6 Å². The minimum Gasteiger partial charge on any atom is -0.489 e. The number of carbonyl (C=O) groups excluding carboxylic acids is 8. The zero-order valence-corrected chi connectivity index (χ0v) is 57.0. The van der Waals surface area contributed by atoms with Crippen molar-refractivity contribution in [1.82, 2.24) is 0 Å². The quantitative estimate of drug-likeness (QED) is 0.0130. The van der Waals surface area contributed by atoms with Crippen molar-refractivity contribution < 1.29 is 89.7 Å². The van der Waals surface area contributed by atoms with Gasteiger partial charge in [0.25, 0.3) is 29.3 Å². The minimum atomic E-state index is -3.70. The number of hydrogen-bond acceptors (Lipinski definition) is 18. The molecule has 1 saturated carbocycles. The second kappa shape index (κ2) is 34.7. The molecule has 3 heterocycles. The first-order chi connectivity index (χ1) is 44.6. The van der Waals surface area contributed by atoms with Gasteiger partial charge < -0.3 is 39.7 Å². The number of aliphatic carboxylic acids is 1. The molecule has 9 rings (SSSR count). The number of para-hydroxylation sites is 3. The number of nitrogens with zero attached hydrogens (tertiary/aromatic N) is 5. The number of halogens is 4. The van der Waals surface area contributed by atoms with Crippen LogP contribution in [-0.4, -0.2) is 158 Å². The average Bonchev–Trinajstić information content (AvgIpc) is 1.66. The average molecular weight is 1420 g/mol. The van der Waals surface area contributed by atoms with E-state index in [1.807, 2.05) is 57.2 Å². The standard InChI is InChI=1S/C19H15FN2O4.C15H22ClNO2.C14H13NO7S.C11H11Cl2NO2.C5H12NO4P/c1-2-7-21-15-9-14(13(20)8-16(15)26-10-17(21)23)22-18(24)11-5-3-4-6-12(11)19(22)25;1-5-13-8-6-7-11(2)15(13)17(14(18)9-16)12(3)10-19-4;1-23(21,22)8-5-6-9(10(7-8)15(19)20)14(18)13-11(16)3-2-4-12(13)17;1-7-6-16-9-5-3-2-4-8(9)14(7)11(15)10(12)13;1-11(9,10)3-2-4(6)5(7)8/h1,8-9H,3-7,10H2;6-8,12H,5,9-10H2,1-4H3;5-7,13H,2-4H2,1H3;2-5,7,10H,6H2,1H3;4H,2-3,6H2,1H3,(H,7,8)(H,9,10). The Balaban J connectivity index is 0.000000221. The van der Waals surface area contributed by atoms with Crippen molar-refractivity contribution in [1.29, 1.82) is 0 Å². The number of nitrogens with two attached hydrogens (primary N) is 1. The Hall–Kier alpha value is -7.93. The second-order valence-corrected chi connectivity index (χ2v) is 28.4. The summed E-state index contributed by atoms with van der Waals surface area (Å²) < 4.78 is 64.2. The molecule has 95 heavy (non-hydrogen) atoms. The van der Waals surface area contributed by atoms with Gasteiger partial charge in [-0.2, -0.15) is 0 Å². The van der Waals surface area contributed by atoms with Crippen LogP contribution in [0.15, 0.2) is 88.8 Å². The fraction of sp³-hybridized carbons (Fsp3) is 0.422. The van der Waals surface area contributed by atoms with Gasteiger partial charge in [0.2, 0.25) is 5.91 Å². The van der Waals surface area contributed by atoms with Crippen molar-refractivity contribution in [2.75, 3.05) is 78.0 Å². The molecule has 2 aliphatic carbocycles. The minimum absolute atomic E-state index is 0.0170. The third-order valence-corrected chi connectivity index (χ3v) is 18.1. The molecule has 4 aromatic carbocycles. The topological polar surface area (TPSA) is 355 Å². The number of hydrogen-bond donors (Lipinski definition) is 3. The highest BCUT2D eigenvalue weighted by atomic mass is 35.5. The lowest BCUT2D eigenvalue weighted by Gasteiger charge is -2.35. The molecule has 0 bridgehead atoms. The van der Waals surface area contributed by atoms with E-state index in [2.05, 4.69) is 18.9 Å². The largest absolute Gasteiger partial charge is 0.489 e. The number of imide groups is 1. The third-order valence-electron chi connectivity index (χ3n) is 15.3. The molecule has 0 radical (unpaired) electrons. The van der Waals surface area contributed by atoms with Gasteiger partial charge in [0.05, 0.1) is 63.4 Å². The van der Waals surface area contributed by atoms with Crippen molar-refractivity contribution in [2.45, 2.75) is 113 Å². The number of alkyl halides is 3. The highest BCUT2D eigenvalue weighted by molar-refractivity contribution is 7.90. The van der Waals surface area contributed by atoms with Crippen LogP contribution in [0.4, 0.5) is 32.8 Å². The van der Waals surface area contributed by atoms with Crippen LogP contribution in [0.25, 0.3) is 0 Å². The summed E-state index contributed by atoms with van der Waals surface area (Å²) in [6.07, 6.45) is 10.3. The molecule has 4 unspecified atom stereocenters. The van der Waals surface area contributed by atoms with E-state index >= 15 is 0 Å². The summed E-state index contributed by atoms with van der Waals surface area (Å²) in [7, 11) is -5.16. The highest BCUT2D eigenvalue weighted by Gasteiger charge is 2.43. The van der Waals surface area contributed by atoms with Gasteiger partial charge in [-0.15, -0.1) is 18.0 Å². The van der Waals surface area contributed by atoms with Crippen molar-refractivity contribution in [3.8, 4) is 23.8 Å². The Morgan fingerprint density at radius 1 is 0.926 bits per heavy atom. The Labute approximate surface area is 563 Å². The first-order valence-electron chi connectivity index (χ1n) is 29.6. The van der Waals surface area contributed by atoms with E-state index in [1.54, 1.807) is 16.9 Å². The lowest BCUT2D eigenvalue weighted by molar-refractivity contribution is -0.385. The maximum absolute atomic E-state index is 14.7. The van der Waals surface area contributed by atoms with Crippen LogP contribution in [0.2, 0.25) is 0 Å². The SMILES string of the molecule is C#CCN1C(=O)COc2cc(F)c(N3C(=O)C4=C(CCCC4)C3=O)cc21.CC1COc2ccccc2N1C(=O)C(Cl)Cl.CCc1cccc(C)c1N(C(=O)CCl)C(C)COC.CP(=O)(O)CCC(N)C(=O)O.CS(=O)(=O)c1ccc(C(=O)C2C(=O)CCCC2=O)c([N+](=O)[O-])c1. The monoisotopic (exact) mass is 1420 g/mol. The number of ketones is 3. The number of methoxy groups -OCH3 is 1. The van der Waals surface area contributed by atoms with E-state index in [4.69, 9.17) is 71.2 Å². The van der Waals surface area contributed by atoms with Gasteiger partial charge in [-0.05, 0) is 107 Å². The fourth-order valence-corrected chi connectivity index (χ4v) is 12.4. The molecule has 4 atom stereocenters. The number of aryl methyl sites for hydroxylation is 2. The maximum atomic E-state index is 14.7. The fourth-order valence-electron chi connectivity index (χ4n) is 10.6. The molecule has 0 saturated heterocycles. The second-order valence-electron chi connectivity index (χ2n) is 22.4. The number of carbonyl (C=O) groups is 9. The molecule has 0 aromatic heterocycles. The number of fused-ring (bicyclic) bond motifs is 2. The van der Waals surface area contributed by atoms with Crippen LogP contribution >= 0.6 is 42.2 Å². The van der Waals surface area contributed by atoms with Crippen LogP contribution in [-0.2, 0) is 63.9 Å². The first-order valence-corrected chi connectivity index (χ1v) is 35.2. The van der Waals surface area contributed by atoms with Crippen LogP contribution < -0.4 is 34.8 Å². The summed E-state index contributed by atoms with van der Waals surface area (Å²) in [5.74, 6) is -4.09. The number of amides is 5. The molecule has 5 aliphatic rings. The molecule has 5 amide bonds. The van der Waals surface area contributed by atoms with Gasteiger partial charge in [-0.1, -0.05) is 66.4 Å². The number of nitro benzene ring substituents is 1. The van der Waals surface area contributed by atoms with E-state index < -0.39 is 91.1 Å². The van der Waals surface area contributed by atoms with Crippen LogP contribution in [0.3, 0.4) is 0 Å². The van der Waals surface area contributed by atoms with Gasteiger partial charge in [0.1, 0.15) is 35.9 Å². The molecule has 4 aromatic rings. The van der Waals surface area contributed by atoms with Gasteiger partial charge in [-0.3, -0.25) is 62.7 Å². The van der Waals surface area contributed by atoms with Crippen LogP contribution in [0.5, 0.6) is 11.5 Å². The van der Waals surface area contributed by atoms with Crippen molar-refractivity contribution in [3.63, 3.8) is 0 Å². The number of carboxylic acids is 1. The Morgan fingerprint density at radius 2 is 1.55 bits per heavy atom.